The van der Waals surface area contributed by atoms with Crippen molar-refractivity contribution >= 4 is 38.4 Å². The summed E-state index contributed by atoms with van der Waals surface area (Å²) in [5.74, 6) is 0. The number of piperidine rings is 1. The molecule has 1 aromatic carbocycles. The van der Waals surface area contributed by atoms with Crippen LogP contribution in [0.5, 0.6) is 0 Å². The molecule has 2 N–H and O–H groups in total. The van der Waals surface area contributed by atoms with E-state index in [-0.39, 0.29) is 18.5 Å². The highest BCUT2D eigenvalue weighted by Gasteiger charge is 2.31. The Morgan fingerprint density at radius 3 is 2.61 bits per heavy atom. The third-order valence-electron chi connectivity index (χ3n) is 3.88. The van der Waals surface area contributed by atoms with Gasteiger partial charge < -0.3 is 10.5 Å². The first-order valence-electron chi connectivity index (χ1n) is 7.53. The molecule has 5 nitrogen and oxygen atoms in total. The normalized spacial score (nSPS) is 17.0. The van der Waals surface area contributed by atoms with Crippen LogP contribution in [-0.4, -0.2) is 45.1 Å². The van der Waals surface area contributed by atoms with Crippen molar-refractivity contribution in [3.63, 3.8) is 0 Å². The van der Waals surface area contributed by atoms with E-state index in [1.54, 1.807) is 16.4 Å². The molecule has 0 aliphatic carbocycles. The van der Waals surface area contributed by atoms with Crippen LogP contribution in [0, 0.1) is 6.92 Å². The number of ether oxygens (including phenoxy) is 1. The van der Waals surface area contributed by atoms with E-state index < -0.39 is 10.0 Å². The maximum atomic E-state index is 12.8. The molecular weight excluding hydrogens is 404 g/mol. The summed E-state index contributed by atoms with van der Waals surface area (Å²) in [6.45, 7) is 4.15. The minimum absolute atomic E-state index is 0. The maximum Gasteiger partial charge on any atom is 0.244 e. The smallest absolute Gasteiger partial charge is 0.244 e. The molecule has 8 heteroatoms. The van der Waals surface area contributed by atoms with Gasteiger partial charge >= 0.3 is 0 Å². The second kappa shape index (κ2) is 9.34. The molecule has 2 rings (SSSR count). The molecule has 0 aromatic heterocycles. The fraction of sp³-hybridized carbons (Fsp3) is 0.600. The maximum absolute atomic E-state index is 12.8. The fourth-order valence-electron chi connectivity index (χ4n) is 2.53. The molecular formula is C15H24BrClN2O3S. The lowest BCUT2D eigenvalue weighted by Crippen LogP contribution is -2.41. The van der Waals surface area contributed by atoms with Crippen molar-refractivity contribution in [2.75, 3.05) is 26.2 Å². The van der Waals surface area contributed by atoms with Crippen LogP contribution in [0.2, 0.25) is 0 Å². The SMILES string of the molecule is Cc1cccc(S(=O)(=O)N2CCC(OCCCN)CC2)c1Br.Cl. The molecule has 23 heavy (non-hydrogen) atoms. The third kappa shape index (κ3) is 5.14. The van der Waals surface area contributed by atoms with Gasteiger partial charge in [0, 0.05) is 24.2 Å². The van der Waals surface area contributed by atoms with Gasteiger partial charge in [-0.05, 0) is 60.3 Å². The Labute approximate surface area is 153 Å². The standard InChI is InChI=1S/C15H23BrN2O3S.ClH/c1-12-4-2-5-14(15(12)16)22(19,20)18-9-6-13(7-10-18)21-11-3-8-17;/h2,4-5,13H,3,6-11,17H2,1H3;1H. The zero-order chi connectivity index (χ0) is 16.2. The van der Waals surface area contributed by atoms with Crippen LogP contribution in [0.3, 0.4) is 0 Å². The number of hydrogen-bond donors (Lipinski definition) is 1. The van der Waals surface area contributed by atoms with Crippen molar-refractivity contribution in [3.8, 4) is 0 Å². The van der Waals surface area contributed by atoms with Crippen LogP contribution in [-0.2, 0) is 14.8 Å². The van der Waals surface area contributed by atoms with Gasteiger partial charge in [-0.3, -0.25) is 0 Å². The van der Waals surface area contributed by atoms with E-state index >= 15 is 0 Å². The monoisotopic (exact) mass is 426 g/mol. The third-order valence-corrected chi connectivity index (χ3v) is 7.13. The van der Waals surface area contributed by atoms with Gasteiger partial charge in [-0.15, -0.1) is 12.4 Å². The lowest BCUT2D eigenvalue weighted by Gasteiger charge is -2.31. The lowest BCUT2D eigenvalue weighted by atomic mass is 10.1. The van der Waals surface area contributed by atoms with Crippen LogP contribution in [0.25, 0.3) is 0 Å². The Balaban J connectivity index is 0.00000264. The molecule has 0 saturated carbocycles. The average molecular weight is 428 g/mol. The molecule has 1 aliphatic rings. The quantitative estimate of drug-likeness (QED) is 0.708. The zero-order valence-electron chi connectivity index (χ0n) is 13.2. The van der Waals surface area contributed by atoms with Crippen molar-refractivity contribution in [2.24, 2.45) is 5.73 Å². The molecule has 1 heterocycles. The zero-order valence-corrected chi connectivity index (χ0v) is 16.4. The number of benzene rings is 1. The van der Waals surface area contributed by atoms with Crippen LogP contribution in [0.1, 0.15) is 24.8 Å². The molecule has 0 bridgehead atoms. The number of hydrogen-bond acceptors (Lipinski definition) is 4. The second-order valence-electron chi connectivity index (χ2n) is 5.50. The van der Waals surface area contributed by atoms with Gasteiger partial charge in [0.15, 0.2) is 0 Å². The minimum atomic E-state index is -3.45. The summed E-state index contributed by atoms with van der Waals surface area (Å²) in [6, 6.07) is 5.31. The van der Waals surface area contributed by atoms with Crippen molar-refractivity contribution in [1.82, 2.24) is 4.31 Å². The summed E-state index contributed by atoms with van der Waals surface area (Å²) in [7, 11) is -3.45. The van der Waals surface area contributed by atoms with Gasteiger partial charge in [0.05, 0.1) is 11.0 Å². The molecule has 1 aromatic rings. The minimum Gasteiger partial charge on any atom is -0.378 e. The summed E-state index contributed by atoms with van der Waals surface area (Å²) in [4.78, 5) is 0.343. The van der Waals surface area contributed by atoms with Gasteiger partial charge in [-0.25, -0.2) is 8.42 Å². The first-order valence-corrected chi connectivity index (χ1v) is 9.77. The summed E-state index contributed by atoms with van der Waals surface area (Å²) in [6.07, 6.45) is 2.44. The van der Waals surface area contributed by atoms with E-state index in [1.165, 1.54) is 0 Å². The van der Waals surface area contributed by atoms with Gasteiger partial charge in [-0.1, -0.05) is 12.1 Å². The number of aryl methyl sites for hydroxylation is 1. The van der Waals surface area contributed by atoms with Crippen LogP contribution >= 0.6 is 28.3 Å². The van der Waals surface area contributed by atoms with Gasteiger partial charge in [0.2, 0.25) is 10.0 Å². The Hall–Kier alpha value is -0.180. The summed E-state index contributed by atoms with van der Waals surface area (Å²) >= 11 is 3.39. The largest absolute Gasteiger partial charge is 0.378 e. The van der Waals surface area contributed by atoms with E-state index in [2.05, 4.69) is 15.9 Å². The van der Waals surface area contributed by atoms with Crippen LogP contribution in [0.15, 0.2) is 27.6 Å². The van der Waals surface area contributed by atoms with E-state index in [9.17, 15) is 8.42 Å². The summed E-state index contributed by atoms with van der Waals surface area (Å²) in [5, 5.41) is 0. The first-order chi connectivity index (χ1) is 10.5. The van der Waals surface area contributed by atoms with Crippen molar-refractivity contribution < 1.29 is 13.2 Å². The van der Waals surface area contributed by atoms with Gasteiger partial charge in [0.1, 0.15) is 0 Å². The average Bonchev–Trinajstić information content (AvgIpc) is 2.50. The van der Waals surface area contributed by atoms with Crippen molar-refractivity contribution in [2.45, 2.75) is 37.2 Å². The molecule has 0 atom stereocenters. The number of nitrogens with two attached hydrogens (primary N) is 1. The molecule has 0 spiro atoms. The summed E-state index contributed by atoms with van der Waals surface area (Å²) in [5.41, 5.74) is 6.36. The number of rotatable bonds is 6. The lowest BCUT2D eigenvalue weighted by molar-refractivity contribution is 0.0209. The summed E-state index contributed by atoms with van der Waals surface area (Å²) < 4.78 is 33.5. The highest BCUT2D eigenvalue weighted by atomic mass is 79.9. The number of sulfonamides is 1. The molecule has 0 unspecified atom stereocenters. The molecule has 0 radical (unpaired) electrons. The predicted molar refractivity (Wildman–Crippen MR) is 97.5 cm³/mol. The molecule has 1 fully saturated rings. The highest BCUT2D eigenvalue weighted by molar-refractivity contribution is 9.10. The predicted octanol–water partition coefficient (Wildman–Crippen LogP) is 2.70. The van der Waals surface area contributed by atoms with E-state index in [4.69, 9.17) is 10.5 Å². The number of halogens is 2. The Kier molecular flexibility index (Phi) is 8.47. The van der Waals surface area contributed by atoms with E-state index in [0.717, 1.165) is 24.8 Å². The van der Waals surface area contributed by atoms with Crippen LogP contribution in [0.4, 0.5) is 0 Å². The van der Waals surface area contributed by atoms with E-state index in [0.29, 0.717) is 35.6 Å². The Bertz CT molecular complexity index is 605. The Morgan fingerprint density at radius 2 is 2.00 bits per heavy atom. The molecule has 1 aliphatic heterocycles. The van der Waals surface area contributed by atoms with Gasteiger partial charge in [-0.2, -0.15) is 4.31 Å². The van der Waals surface area contributed by atoms with E-state index in [1.807, 2.05) is 13.0 Å². The second-order valence-corrected chi connectivity index (χ2v) is 8.20. The van der Waals surface area contributed by atoms with Crippen molar-refractivity contribution in [1.29, 1.82) is 0 Å². The molecule has 132 valence electrons. The molecule has 1 saturated heterocycles. The Morgan fingerprint density at radius 1 is 1.35 bits per heavy atom. The highest BCUT2D eigenvalue weighted by Crippen LogP contribution is 2.29. The van der Waals surface area contributed by atoms with Gasteiger partial charge in [0.25, 0.3) is 0 Å². The van der Waals surface area contributed by atoms with Crippen LogP contribution < -0.4 is 5.73 Å². The first kappa shape index (κ1) is 20.9. The van der Waals surface area contributed by atoms with Crippen molar-refractivity contribution in [3.05, 3.63) is 28.2 Å². The molecule has 0 amide bonds. The topological polar surface area (TPSA) is 72.6 Å². The fourth-order valence-corrected chi connectivity index (χ4v) is 5.02. The number of nitrogens with zero attached hydrogens (tertiary/aromatic N) is 1.